The van der Waals surface area contributed by atoms with Crippen molar-refractivity contribution < 1.29 is 4.74 Å². The normalized spacial score (nSPS) is 26.4. The number of aromatic nitrogens is 2. The molecule has 0 spiro atoms. The van der Waals surface area contributed by atoms with Crippen LogP contribution in [0, 0.1) is 6.92 Å². The molecule has 1 aromatic heterocycles. The first-order chi connectivity index (χ1) is 8.19. The van der Waals surface area contributed by atoms with Crippen molar-refractivity contribution >= 4 is 0 Å². The van der Waals surface area contributed by atoms with E-state index in [1.165, 1.54) is 11.3 Å². The van der Waals surface area contributed by atoms with Crippen molar-refractivity contribution in [3.8, 4) is 0 Å². The van der Waals surface area contributed by atoms with Gasteiger partial charge in [0.05, 0.1) is 24.9 Å². The molecule has 2 heterocycles. The van der Waals surface area contributed by atoms with Crippen LogP contribution >= 0.6 is 0 Å². The van der Waals surface area contributed by atoms with Gasteiger partial charge in [-0.05, 0) is 13.5 Å². The zero-order chi connectivity index (χ0) is 12.4. The van der Waals surface area contributed by atoms with E-state index in [4.69, 9.17) is 10.5 Å². The summed E-state index contributed by atoms with van der Waals surface area (Å²) < 4.78 is 7.69. The lowest BCUT2D eigenvalue weighted by molar-refractivity contribution is -0.0660. The number of hydrogen-bond acceptors (Lipinski definition) is 4. The predicted molar refractivity (Wildman–Crippen MR) is 66.7 cm³/mol. The first-order valence-corrected chi connectivity index (χ1v) is 6.23. The predicted octanol–water partition coefficient (Wildman–Crippen LogP) is 0.449. The highest BCUT2D eigenvalue weighted by molar-refractivity contribution is 5.22. The van der Waals surface area contributed by atoms with Gasteiger partial charge >= 0.3 is 0 Å². The minimum atomic E-state index is 0.0756. The number of aryl methyl sites for hydroxylation is 1. The third-order valence-electron chi connectivity index (χ3n) is 3.69. The van der Waals surface area contributed by atoms with Crippen LogP contribution in [0.4, 0.5) is 0 Å². The molecule has 0 radical (unpaired) electrons. The van der Waals surface area contributed by atoms with Crippen molar-refractivity contribution in [1.29, 1.82) is 0 Å². The number of likely N-dealkylation sites (N-methyl/N-ethyl adjacent to an activating group) is 1. The molecule has 1 saturated heterocycles. The van der Waals surface area contributed by atoms with E-state index in [9.17, 15) is 0 Å². The highest BCUT2D eigenvalue weighted by atomic mass is 16.5. The second kappa shape index (κ2) is 5.16. The summed E-state index contributed by atoms with van der Waals surface area (Å²) in [4.78, 5) is 2.42. The van der Waals surface area contributed by atoms with Gasteiger partial charge in [0.1, 0.15) is 0 Å². The standard InChI is InChI=1S/C12H22N4O/c1-4-16-5-6-17-11(7-13)12(16)10-8-14-15(3)9(10)2/h8,11-12H,4-7,13H2,1-3H3. The summed E-state index contributed by atoms with van der Waals surface area (Å²) >= 11 is 0. The van der Waals surface area contributed by atoms with Gasteiger partial charge in [-0.2, -0.15) is 5.10 Å². The average Bonchev–Trinajstić information content (AvgIpc) is 2.69. The lowest BCUT2D eigenvalue weighted by atomic mass is 9.98. The SMILES string of the molecule is CCN1CCOC(CN)C1c1cnn(C)c1C. The van der Waals surface area contributed by atoms with E-state index in [0.717, 1.165) is 19.7 Å². The molecule has 0 aromatic carbocycles. The fourth-order valence-electron chi connectivity index (χ4n) is 2.54. The Bertz CT molecular complexity index is 365. The van der Waals surface area contributed by atoms with Gasteiger partial charge in [-0.1, -0.05) is 6.92 Å². The Morgan fingerprint density at radius 1 is 1.59 bits per heavy atom. The summed E-state index contributed by atoms with van der Waals surface area (Å²) in [6.45, 7) is 7.57. The largest absolute Gasteiger partial charge is 0.374 e. The van der Waals surface area contributed by atoms with Gasteiger partial charge in [-0.3, -0.25) is 9.58 Å². The molecule has 5 heteroatoms. The van der Waals surface area contributed by atoms with E-state index >= 15 is 0 Å². The molecule has 1 aliphatic heterocycles. The van der Waals surface area contributed by atoms with Crippen LogP contribution in [0.3, 0.4) is 0 Å². The first-order valence-electron chi connectivity index (χ1n) is 6.23. The molecule has 1 aliphatic rings. The van der Waals surface area contributed by atoms with Crippen LogP contribution in [0.5, 0.6) is 0 Å². The molecule has 2 unspecified atom stereocenters. The lowest BCUT2D eigenvalue weighted by Crippen LogP contribution is -2.48. The smallest absolute Gasteiger partial charge is 0.0895 e. The van der Waals surface area contributed by atoms with Crippen molar-refractivity contribution in [3.05, 3.63) is 17.5 Å². The van der Waals surface area contributed by atoms with E-state index in [1.54, 1.807) is 0 Å². The van der Waals surface area contributed by atoms with Crippen LogP contribution in [0.15, 0.2) is 6.20 Å². The summed E-state index contributed by atoms with van der Waals surface area (Å²) in [5.74, 6) is 0. The maximum Gasteiger partial charge on any atom is 0.0895 e. The number of morpholine rings is 1. The van der Waals surface area contributed by atoms with E-state index < -0.39 is 0 Å². The van der Waals surface area contributed by atoms with Crippen LogP contribution in [0.1, 0.15) is 24.2 Å². The monoisotopic (exact) mass is 238 g/mol. The van der Waals surface area contributed by atoms with E-state index in [-0.39, 0.29) is 12.1 Å². The fourth-order valence-corrected chi connectivity index (χ4v) is 2.54. The molecule has 0 bridgehead atoms. The fraction of sp³-hybridized carbons (Fsp3) is 0.750. The maximum absolute atomic E-state index is 5.83. The third-order valence-corrected chi connectivity index (χ3v) is 3.69. The summed E-state index contributed by atoms with van der Waals surface area (Å²) in [6.07, 6.45) is 2.02. The summed E-state index contributed by atoms with van der Waals surface area (Å²) in [6, 6.07) is 0.243. The van der Waals surface area contributed by atoms with Gasteiger partial charge in [0.15, 0.2) is 0 Å². The third kappa shape index (κ3) is 2.22. The van der Waals surface area contributed by atoms with Gasteiger partial charge < -0.3 is 10.5 Å². The zero-order valence-electron chi connectivity index (χ0n) is 10.9. The highest BCUT2D eigenvalue weighted by Gasteiger charge is 2.33. The number of hydrogen-bond donors (Lipinski definition) is 1. The molecule has 2 rings (SSSR count). The van der Waals surface area contributed by atoms with Gasteiger partial charge in [0.25, 0.3) is 0 Å². The summed E-state index contributed by atoms with van der Waals surface area (Å²) in [5, 5.41) is 4.32. The van der Waals surface area contributed by atoms with Crippen molar-refractivity contribution in [2.24, 2.45) is 12.8 Å². The second-order valence-electron chi connectivity index (χ2n) is 4.53. The van der Waals surface area contributed by atoms with Crippen molar-refractivity contribution in [2.75, 3.05) is 26.2 Å². The number of nitrogens with two attached hydrogens (primary N) is 1. The summed E-state index contributed by atoms with van der Waals surface area (Å²) in [7, 11) is 1.97. The Hall–Kier alpha value is -0.910. The minimum Gasteiger partial charge on any atom is -0.374 e. The molecular weight excluding hydrogens is 216 g/mol. The zero-order valence-corrected chi connectivity index (χ0v) is 10.9. The van der Waals surface area contributed by atoms with Gasteiger partial charge in [0, 0.05) is 31.4 Å². The highest BCUT2D eigenvalue weighted by Crippen LogP contribution is 2.30. The molecule has 17 heavy (non-hydrogen) atoms. The van der Waals surface area contributed by atoms with Crippen molar-refractivity contribution in [3.63, 3.8) is 0 Å². The lowest BCUT2D eigenvalue weighted by Gasteiger charge is -2.40. The Morgan fingerprint density at radius 2 is 2.35 bits per heavy atom. The molecule has 96 valence electrons. The van der Waals surface area contributed by atoms with Gasteiger partial charge in [0.2, 0.25) is 0 Å². The molecule has 5 nitrogen and oxygen atoms in total. The molecule has 0 saturated carbocycles. The van der Waals surface area contributed by atoms with Crippen LogP contribution < -0.4 is 5.73 Å². The van der Waals surface area contributed by atoms with Crippen molar-refractivity contribution in [1.82, 2.24) is 14.7 Å². The Kier molecular flexibility index (Phi) is 3.81. The van der Waals surface area contributed by atoms with Gasteiger partial charge in [-0.15, -0.1) is 0 Å². The van der Waals surface area contributed by atoms with Crippen LogP contribution in [-0.4, -0.2) is 47.0 Å². The maximum atomic E-state index is 5.83. The second-order valence-corrected chi connectivity index (χ2v) is 4.53. The molecule has 2 atom stereocenters. The van der Waals surface area contributed by atoms with E-state index in [1.807, 2.05) is 17.9 Å². The van der Waals surface area contributed by atoms with E-state index in [2.05, 4.69) is 23.8 Å². The molecular formula is C12H22N4O. The van der Waals surface area contributed by atoms with Gasteiger partial charge in [-0.25, -0.2) is 0 Å². The molecule has 2 N–H and O–H groups in total. The number of ether oxygens (including phenoxy) is 1. The molecule has 1 aromatic rings. The van der Waals surface area contributed by atoms with Crippen molar-refractivity contribution in [2.45, 2.75) is 26.0 Å². The molecule has 0 aliphatic carbocycles. The Labute approximate surface area is 103 Å². The molecule has 0 amide bonds. The first kappa shape index (κ1) is 12.5. The minimum absolute atomic E-state index is 0.0756. The topological polar surface area (TPSA) is 56.3 Å². The Balaban J connectivity index is 2.33. The van der Waals surface area contributed by atoms with E-state index in [0.29, 0.717) is 6.54 Å². The Morgan fingerprint density at radius 3 is 2.88 bits per heavy atom. The quantitative estimate of drug-likeness (QED) is 0.830. The average molecular weight is 238 g/mol. The number of rotatable bonds is 3. The van der Waals surface area contributed by atoms with Crippen LogP contribution in [0.2, 0.25) is 0 Å². The molecule has 1 fully saturated rings. The number of nitrogens with zero attached hydrogens (tertiary/aromatic N) is 3. The summed E-state index contributed by atoms with van der Waals surface area (Å²) in [5.41, 5.74) is 8.26. The van der Waals surface area contributed by atoms with Crippen LogP contribution in [0.25, 0.3) is 0 Å². The van der Waals surface area contributed by atoms with Crippen LogP contribution in [-0.2, 0) is 11.8 Å².